The normalized spacial score (nSPS) is 15.3. The van der Waals surface area contributed by atoms with Gasteiger partial charge < -0.3 is 4.90 Å². The first-order valence-electron chi connectivity index (χ1n) is 5.02. The van der Waals surface area contributed by atoms with Crippen LogP contribution in [0.4, 0.5) is 23.2 Å². The zero-order chi connectivity index (χ0) is 11.9. The average molecular weight is 234 g/mol. The smallest absolute Gasteiger partial charge is 0.253 e. The van der Waals surface area contributed by atoms with Crippen LogP contribution in [-0.4, -0.2) is 17.6 Å². The van der Waals surface area contributed by atoms with Crippen molar-refractivity contribution in [3.8, 4) is 0 Å². The Morgan fingerprint density at radius 1 is 1.12 bits per heavy atom. The third kappa shape index (κ3) is 1.72. The van der Waals surface area contributed by atoms with Crippen LogP contribution in [0.3, 0.4) is 0 Å². The molecule has 1 saturated carbocycles. The molecule has 1 heterocycles. The summed E-state index contributed by atoms with van der Waals surface area (Å²) in [5.74, 6) is -6.05. The third-order valence-electron chi connectivity index (χ3n) is 2.59. The van der Waals surface area contributed by atoms with E-state index in [9.17, 15) is 17.6 Å². The molecule has 16 heavy (non-hydrogen) atoms. The minimum absolute atomic E-state index is 0.0322. The van der Waals surface area contributed by atoms with Gasteiger partial charge in [0.15, 0.2) is 0 Å². The molecule has 1 aromatic heterocycles. The molecule has 1 fully saturated rings. The van der Waals surface area contributed by atoms with Crippen molar-refractivity contribution in [2.24, 2.45) is 0 Å². The molecule has 0 aliphatic heterocycles. The highest BCUT2D eigenvalue weighted by Gasteiger charge is 2.34. The average Bonchev–Trinajstić information content (AvgIpc) is 3.05. The molecule has 1 aliphatic carbocycles. The van der Waals surface area contributed by atoms with Crippen LogP contribution in [0.1, 0.15) is 19.8 Å². The Kier molecular flexibility index (Phi) is 2.73. The highest BCUT2D eigenvalue weighted by molar-refractivity contribution is 5.50. The van der Waals surface area contributed by atoms with Crippen LogP contribution in [0.5, 0.6) is 0 Å². The monoisotopic (exact) mass is 234 g/mol. The number of hydrogen-bond donors (Lipinski definition) is 0. The van der Waals surface area contributed by atoms with Crippen molar-refractivity contribution in [2.75, 3.05) is 11.4 Å². The second kappa shape index (κ2) is 3.92. The van der Waals surface area contributed by atoms with E-state index in [0.717, 1.165) is 12.8 Å². The predicted octanol–water partition coefficient (Wildman–Crippen LogP) is 2.63. The van der Waals surface area contributed by atoms with Crippen LogP contribution in [0.2, 0.25) is 0 Å². The fourth-order valence-corrected chi connectivity index (χ4v) is 1.71. The summed E-state index contributed by atoms with van der Waals surface area (Å²) >= 11 is 0. The second-order valence-corrected chi connectivity index (χ2v) is 3.69. The van der Waals surface area contributed by atoms with Crippen LogP contribution in [0.25, 0.3) is 0 Å². The summed E-state index contributed by atoms with van der Waals surface area (Å²) in [6.07, 6.45) is 1.55. The number of aromatic nitrogens is 1. The number of hydrogen-bond acceptors (Lipinski definition) is 2. The molecule has 6 heteroatoms. The van der Waals surface area contributed by atoms with Crippen molar-refractivity contribution in [1.82, 2.24) is 4.98 Å². The van der Waals surface area contributed by atoms with E-state index in [1.807, 2.05) is 0 Å². The molecule has 2 rings (SSSR count). The molecule has 0 aromatic carbocycles. The number of nitrogens with zero attached hydrogens (tertiary/aromatic N) is 2. The summed E-state index contributed by atoms with van der Waals surface area (Å²) in [4.78, 5) is 3.85. The topological polar surface area (TPSA) is 16.1 Å². The van der Waals surface area contributed by atoms with Crippen molar-refractivity contribution in [3.63, 3.8) is 0 Å². The fourth-order valence-electron chi connectivity index (χ4n) is 1.71. The Labute approximate surface area is 89.9 Å². The lowest BCUT2D eigenvalue weighted by Crippen LogP contribution is -2.28. The van der Waals surface area contributed by atoms with Crippen LogP contribution in [0, 0.1) is 23.5 Å². The summed E-state index contributed by atoms with van der Waals surface area (Å²) in [7, 11) is 0. The molecule has 0 unspecified atom stereocenters. The van der Waals surface area contributed by atoms with Crippen LogP contribution in [0.15, 0.2) is 0 Å². The van der Waals surface area contributed by atoms with Gasteiger partial charge in [0.1, 0.15) is 5.69 Å². The number of pyridine rings is 1. The molecule has 88 valence electrons. The summed E-state index contributed by atoms with van der Waals surface area (Å²) < 4.78 is 52.5. The third-order valence-corrected chi connectivity index (χ3v) is 2.59. The summed E-state index contributed by atoms with van der Waals surface area (Å²) in [6, 6.07) is -0.0322. The summed E-state index contributed by atoms with van der Waals surface area (Å²) in [5, 5.41) is 0. The number of rotatable bonds is 3. The van der Waals surface area contributed by atoms with E-state index in [1.165, 1.54) is 4.90 Å². The maximum atomic E-state index is 13.4. The van der Waals surface area contributed by atoms with E-state index in [0.29, 0.717) is 6.54 Å². The lowest BCUT2D eigenvalue weighted by atomic mass is 10.3. The van der Waals surface area contributed by atoms with Crippen molar-refractivity contribution < 1.29 is 17.6 Å². The molecule has 0 bridgehead atoms. The van der Waals surface area contributed by atoms with Gasteiger partial charge in [0.05, 0.1) is 0 Å². The van der Waals surface area contributed by atoms with Gasteiger partial charge in [0.2, 0.25) is 11.6 Å². The van der Waals surface area contributed by atoms with Gasteiger partial charge in [-0.05, 0) is 19.8 Å². The first-order valence-corrected chi connectivity index (χ1v) is 5.02. The van der Waals surface area contributed by atoms with Gasteiger partial charge in [-0.15, -0.1) is 0 Å². The standard InChI is InChI=1S/C10H10F4N2/c1-2-16(5-3-4-5)8-6(11)9(13)15-10(14)7(8)12/h5H,2-4H2,1H3. The molecule has 0 spiro atoms. The van der Waals surface area contributed by atoms with Crippen LogP contribution < -0.4 is 4.90 Å². The van der Waals surface area contributed by atoms with Gasteiger partial charge in [-0.2, -0.15) is 22.5 Å². The van der Waals surface area contributed by atoms with Crippen molar-refractivity contribution in [1.29, 1.82) is 0 Å². The zero-order valence-electron chi connectivity index (χ0n) is 8.60. The van der Waals surface area contributed by atoms with Gasteiger partial charge in [0, 0.05) is 12.6 Å². The van der Waals surface area contributed by atoms with Crippen LogP contribution in [-0.2, 0) is 0 Å². The molecule has 1 aromatic rings. The molecular weight excluding hydrogens is 224 g/mol. The van der Waals surface area contributed by atoms with Gasteiger partial charge in [0.25, 0.3) is 11.9 Å². The molecule has 0 atom stereocenters. The largest absolute Gasteiger partial charge is 0.364 e. The van der Waals surface area contributed by atoms with Crippen molar-refractivity contribution >= 4 is 5.69 Å². The first-order chi connectivity index (χ1) is 7.56. The minimum atomic E-state index is -1.60. The Morgan fingerprint density at radius 2 is 1.62 bits per heavy atom. The molecular formula is C10H10F4N2. The maximum Gasteiger partial charge on any atom is 0.253 e. The maximum absolute atomic E-state index is 13.4. The molecule has 1 aliphatic rings. The molecule has 0 saturated heterocycles. The highest BCUT2D eigenvalue weighted by Crippen LogP contribution is 2.35. The molecule has 2 nitrogen and oxygen atoms in total. The molecule has 0 amide bonds. The Morgan fingerprint density at radius 3 is 2.00 bits per heavy atom. The van der Waals surface area contributed by atoms with Crippen molar-refractivity contribution in [3.05, 3.63) is 23.5 Å². The lowest BCUT2D eigenvalue weighted by molar-refractivity contribution is 0.405. The Balaban J connectivity index is 2.52. The Bertz CT molecular complexity index is 392. The van der Waals surface area contributed by atoms with Gasteiger partial charge >= 0.3 is 0 Å². The van der Waals surface area contributed by atoms with E-state index < -0.39 is 29.2 Å². The molecule has 0 radical (unpaired) electrons. The summed E-state index contributed by atoms with van der Waals surface area (Å²) in [5.41, 5.74) is -0.644. The first kappa shape index (κ1) is 11.2. The van der Waals surface area contributed by atoms with Gasteiger partial charge in [-0.1, -0.05) is 0 Å². The van der Waals surface area contributed by atoms with Crippen molar-refractivity contribution in [2.45, 2.75) is 25.8 Å². The summed E-state index contributed by atoms with van der Waals surface area (Å²) in [6.45, 7) is 1.97. The van der Waals surface area contributed by atoms with E-state index in [2.05, 4.69) is 4.98 Å². The van der Waals surface area contributed by atoms with Gasteiger partial charge in [-0.3, -0.25) is 0 Å². The lowest BCUT2D eigenvalue weighted by Gasteiger charge is -2.23. The highest BCUT2D eigenvalue weighted by atomic mass is 19.2. The van der Waals surface area contributed by atoms with E-state index in [1.54, 1.807) is 6.92 Å². The predicted molar refractivity (Wildman–Crippen MR) is 50.1 cm³/mol. The van der Waals surface area contributed by atoms with E-state index >= 15 is 0 Å². The number of anilines is 1. The quantitative estimate of drug-likeness (QED) is 0.590. The Hall–Kier alpha value is -1.33. The van der Waals surface area contributed by atoms with Gasteiger partial charge in [-0.25, -0.2) is 0 Å². The molecule has 0 N–H and O–H groups in total. The van der Waals surface area contributed by atoms with Crippen LogP contribution >= 0.6 is 0 Å². The number of halogens is 4. The fraction of sp³-hybridized carbons (Fsp3) is 0.500. The SMILES string of the molecule is CCN(c1c(F)c(F)nc(F)c1F)C1CC1. The second-order valence-electron chi connectivity index (χ2n) is 3.69. The van der Waals surface area contributed by atoms with E-state index in [-0.39, 0.29) is 6.04 Å². The van der Waals surface area contributed by atoms with E-state index in [4.69, 9.17) is 0 Å². The zero-order valence-corrected chi connectivity index (χ0v) is 8.60. The minimum Gasteiger partial charge on any atom is -0.364 e.